The van der Waals surface area contributed by atoms with Crippen molar-refractivity contribution in [3.63, 3.8) is 0 Å². The van der Waals surface area contributed by atoms with E-state index >= 15 is 0 Å². The van der Waals surface area contributed by atoms with Crippen molar-refractivity contribution in [1.29, 1.82) is 0 Å². The minimum absolute atomic E-state index is 0.797. The van der Waals surface area contributed by atoms with Gasteiger partial charge in [-0.15, -0.1) is 0 Å². The molecule has 0 aromatic carbocycles. The van der Waals surface area contributed by atoms with Crippen LogP contribution in [0.2, 0.25) is 5.32 Å². The van der Waals surface area contributed by atoms with Crippen molar-refractivity contribution in [1.82, 2.24) is 0 Å². The topological polar surface area (TPSA) is 0 Å². The molecule has 1 aliphatic rings. The van der Waals surface area contributed by atoms with E-state index < -0.39 is 0 Å². The molecule has 0 spiro atoms. The summed E-state index contributed by atoms with van der Waals surface area (Å²) in [7, 11) is 0. The van der Waals surface area contributed by atoms with Crippen molar-refractivity contribution in [3.8, 4) is 0 Å². The summed E-state index contributed by atoms with van der Waals surface area (Å²) < 4.78 is 0. The second-order valence-corrected chi connectivity index (χ2v) is 6.78. The van der Waals surface area contributed by atoms with Crippen molar-refractivity contribution in [3.05, 3.63) is 11.1 Å². The zero-order valence-electron chi connectivity index (χ0n) is 10.2. The van der Waals surface area contributed by atoms with Gasteiger partial charge < -0.3 is 0 Å². The fourth-order valence-electron chi connectivity index (χ4n) is 2.17. The third kappa shape index (κ3) is 7.19. The Kier molecular flexibility index (Phi) is 8.42. The van der Waals surface area contributed by atoms with Gasteiger partial charge in [0.2, 0.25) is 0 Å². The third-order valence-corrected chi connectivity index (χ3v) is 5.05. The Balaban J connectivity index is 1.91. The van der Waals surface area contributed by atoms with Crippen LogP contribution in [0.4, 0.5) is 0 Å². The fourth-order valence-corrected chi connectivity index (χ4v) is 3.94. The van der Waals surface area contributed by atoms with E-state index in [0.29, 0.717) is 0 Å². The van der Waals surface area contributed by atoms with Gasteiger partial charge in [0.15, 0.2) is 0 Å². The van der Waals surface area contributed by atoms with Crippen LogP contribution in [0.25, 0.3) is 0 Å². The molecule has 0 amide bonds. The zero-order valence-corrected chi connectivity index (χ0v) is 11.9. The molecule has 0 nitrogen and oxygen atoms in total. The molecule has 0 heterocycles. The first kappa shape index (κ1) is 13.3. The van der Waals surface area contributed by atoms with Gasteiger partial charge in [0.25, 0.3) is 0 Å². The van der Waals surface area contributed by atoms with Gasteiger partial charge in [0.1, 0.15) is 0 Å². The number of rotatable bonds is 7. The SMILES string of the molecule is CCCCCC[Se]/C=C/C1CCCCC1. The number of unbranched alkanes of at least 4 members (excludes halogenated alkanes) is 3. The molecular weight excluding hydrogens is 247 g/mol. The molecule has 1 aliphatic carbocycles. The summed E-state index contributed by atoms with van der Waals surface area (Å²) >= 11 is 0.797. The molecule has 0 aromatic heterocycles. The molecule has 1 heteroatoms. The number of hydrogen-bond donors (Lipinski definition) is 0. The first-order valence-electron chi connectivity index (χ1n) is 6.71. The van der Waals surface area contributed by atoms with Crippen LogP contribution < -0.4 is 0 Å². The van der Waals surface area contributed by atoms with Crippen LogP contribution in [0.15, 0.2) is 11.1 Å². The predicted molar refractivity (Wildman–Crippen MR) is 70.4 cm³/mol. The molecule has 0 bridgehead atoms. The van der Waals surface area contributed by atoms with Crippen LogP contribution in [-0.4, -0.2) is 15.0 Å². The summed E-state index contributed by atoms with van der Waals surface area (Å²) in [6.45, 7) is 2.29. The van der Waals surface area contributed by atoms with Crippen molar-refractivity contribution < 1.29 is 0 Å². The van der Waals surface area contributed by atoms with Gasteiger partial charge in [-0.05, 0) is 0 Å². The molecule has 0 saturated heterocycles. The van der Waals surface area contributed by atoms with E-state index in [4.69, 9.17) is 0 Å². The normalized spacial score (nSPS) is 18.7. The monoisotopic (exact) mass is 274 g/mol. The van der Waals surface area contributed by atoms with Gasteiger partial charge in [-0.3, -0.25) is 0 Å². The first-order valence-corrected chi connectivity index (χ1v) is 8.92. The predicted octanol–water partition coefficient (Wildman–Crippen LogP) is 4.78. The van der Waals surface area contributed by atoms with E-state index in [0.717, 1.165) is 20.9 Å². The third-order valence-electron chi connectivity index (χ3n) is 3.21. The van der Waals surface area contributed by atoms with Crippen molar-refractivity contribution >= 4 is 15.0 Å². The fraction of sp³-hybridized carbons (Fsp3) is 0.857. The standard InChI is InChI=1S/C14H26Se/c1-2-3-4-8-12-15-13-11-14-9-6-5-7-10-14/h11,13-14H,2-10,12H2,1H3/b13-11+. The summed E-state index contributed by atoms with van der Waals surface area (Å²) in [5.74, 6) is 0.941. The van der Waals surface area contributed by atoms with E-state index in [-0.39, 0.29) is 0 Å². The van der Waals surface area contributed by atoms with Crippen LogP contribution >= 0.6 is 0 Å². The Labute approximate surface area is 102 Å². The van der Waals surface area contributed by atoms with Crippen LogP contribution in [0.3, 0.4) is 0 Å². The number of hydrogen-bond acceptors (Lipinski definition) is 0. The van der Waals surface area contributed by atoms with E-state index in [2.05, 4.69) is 18.0 Å². The Morgan fingerprint density at radius 3 is 2.60 bits per heavy atom. The minimum atomic E-state index is 0.797. The van der Waals surface area contributed by atoms with E-state index in [1.54, 1.807) is 0 Å². The second-order valence-electron chi connectivity index (χ2n) is 4.66. The molecule has 15 heavy (non-hydrogen) atoms. The van der Waals surface area contributed by atoms with Gasteiger partial charge in [0.05, 0.1) is 0 Å². The molecule has 0 radical (unpaired) electrons. The molecule has 1 rings (SSSR count). The maximum absolute atomic E-state index is 2.53. The zero-order chi connectivity index (χ0) is 10.8. The summed E-state index contributed by atoms with van der Waals surface area (Å²) in [4.78, 5) is 2.51. The molecule has 0 aromatic rings. The van der Waals surface area contributed by atoms with Crippen molar-refractivity contribution in [2.24, 2.45) is 5.92 Å². The summed E-state index contributed by atoms with van der Waals surface area (Å²) in [5.41, 5.74) is 0. The van der Waals surface area contributed by atoms with E-state index in [1.807, 2.05) is 0 Å². The van der Waals surface area contributed by atoms with E-state index in [9.17, 15) is 0 Å². The molecular formula is C14H26Se. The molecule has 1 fully saturated rings. The van der Waals surface area contributed by atoms with Crippen LogP contribution in [0, 0.1) is 5.92 Å². The van der Waals surface area contributed by atoms with Crippen molar-refractivity contribution in [2.75, 3.05) is 0 Å². The van der Waals surface area contributed by atoms with Crippen LogP contribution in [0.1, 0.15) is 64.7 Å². The molecule has 1 saturated carbocycles. The molecule has 0 atom stereocenters. The molecule has 88 valence electrons. The average Bonchev–Trinajstić information content (AvgIpc) is 2.29. The Bertz CT molecular complexity index is 157. The Hall–Kier alpha value is 0.259. The van der Waals surface area contributed by atoms with Gasteiger partial charge in [-0.2, -0.15) is 0 Å². The summed E-state index contributed by atoms with van der Waals surface area (Å²) in [6, 6.07) is 0. The first-order chi connectivity index (χ1) is 7.43. The van der Waals surface area contributed by atoms with Gasteiger partial charge in [0, 0.05) is 0 Å². The van der Waals surface area contributed by atoms with Crippen LogP contribution in [0.5, 0.6) is 0 Å². The van der Waals surface area contributed by atoms with Crippen molar-refractivity contribution in [2.45, 2.75) is 70.0 Å². The summed E-state index contributed by atoms with van der Waals surface area (Å²) in [6.07, 6.45) is 15.6. The Morgan fingerprint density at radius 2 is 1.87 bits per heavy atom. The summed E-state index contributed by atoms with van der Waals surface area (Å²) in [5, 5.41) is 1.47. The molecule has 0 N–H and O–H groups in total. The van der Waals surface area contributed by atoms with Gasteiger partial charge >= 0.3 is 102 Å². The van der Waals surface area contributed by atoms with Crippen LogP contribution in [-0.2, 0) is 0 Å². The molecule has 0 unspecified atom stereocenters. The second kappa shape index (κ2) is 9.48. The quantitative estimate of drug-likeness (QED) is 0.462. The average molecular weight is 273 g/mol. The Morgan fingerprint density at radius 1 is 1.07 bits per heavy atom. The van der Waals surface area contributed by atoms with Gasteiger partial charge in [-0.1, -0.05) is 0 Å². The molecule has 0 aliphatic heterocycles. The maximum atomic E-state index is 2.53. The number of allylic oxidation sites excluding steroid dienone is 1. The van der Waals surface area contributed by atoms with E-state index in [1.165, 1.54) is 63.1 Å². The van der Waals surface area contributed by atoms with Gasteiger partial charge in [-0.25, -0.2) is 0 Å².